The van der Waals surface area contributed by atoms with Gasteiger partial charge in [-0.25, -0.2) is 0 Å². The Bertz CT molecular complexity index is 378. The van der Waals surface area contributed by atoms with Gasteiger partial charge < -0.3 is 10.6 Å². The fraction of sp³-hybridized carbons (Fsp3) is 0.500. The van der Waals surface area contributed by atoms with Crippen LogP contribution in [0.2, 0.25) is 0 Å². The molecule has 0 spiro atoms. The van der Waals surface area contributed by atoms with E-state index in [4.69, 9.17) is 0 Å². The van der Waals surface area contributed by atoms with Gasteiger partial charge in [0.05, 0.1) is 6.54 Å². The van der Waals surface area contributed by atoms with Gasteiger partial charge in [0.2, 0.25) is 5.91 Å². The summed E-state index contributed by atoms with van der Waals surface area (Å²) in [5.74, 6) is 0.0655. The Morgan fingerprint density at radius 1 is 1.28 bits per heavy atom. The second-order valence-corrected chi connectivity index (χ2v) is 5.13. The molecule has 0 saturated heterocycles. The number of carbonyl (C=O) groups is 1. The van der Waals surface area contributed by atoms with Gasteiger partial charge in [0.1, 0.15) is 0 Å². The summed E-state index contributed by atoms with van der Waals surface area (Å²) in [6.07, 6.45) is 1.96. The van der Waals surface area contributed by atoms with Crippen molar-refractivity contribution in [1.29, 1.82) is 0 Å². The summed E-state index contributed by atoms with van der Waals surface area (Å²) in [5.41, 5.74) is 1.16. The molecule has 0 unspecified atom stereocenters. The molecule has 1 aromatic rings. The molecule has 0 fully saturated rings. The van der Waals surface area contributed by atoms with Crippen LogP contribution in [0.1, 0.15) is 32.3 Å². The molecule has 0 aliphatic rings. The first-order chi connectivity index (χ1) is 8.67. The van der Waals surface area contributed by atoms with Gasteiger partial charge in [0.25, 0.3) is 0 Å². The summed E-state index contributed by atoms with van der Waals surface area (Å²) >= 11 is 3.49. The van der Waals surface area contributed by atoms with E-state index in [0.29, 0.717) is 19.1 Å². The van der Waals surface area contributed by atoms with Crippen LogP contribution in [0.5, 0.6) is 0 Å². The quantitative estimate of drug-likeness (QED) is 0.813. The molecule has 1 amide bonds. The third-order valence-corrected chi connectivity index (χ3v) is 3.68. The van der Waals surface area contributed by atoms with Crippen LogP contribution in [0.4, 0.5) is 0 Å². The number of amides is 1. The van der Waals surface area contributed by atoms with Crippen molar-refractivity contribution in [3.63, 3.8) is 0 Å². The van der Waals surface area contributed by atoms with E-state index in [9.17, 15) is 4.79 Å². The largest absolute Gasteiger partial charge is 0.352 e. The summed E-state index contributed by atoms with van der Waals surface area (Å²) in [5, 5.41) is 6.16. The van der Waals surface area contributed by atoms with Gasteiger partial charge in [0.15, 0.2) is 0 Å². The van der Waals surface area contributed by atoms with E-state index in [-0.39, 0.29) is 5.91 Å². The van der Waals surface area contributed by atoms with E-state index in [0.717, 1.165) is 22.9 Å². The summed E-state index contributed by atoms with van der Waals surface area (Å²) < 4.78 is 1.07. The summed E-state index contributed by atoms with van der Waals surface area (Å²) in [6.45, 7) is 5.22. The summed E-state index contributed by atoms with van der Waals surface area (Å²) in [7, 11) is 0. The van der Waals surface area contributed by atoms with Crippen molar-refractivity contribution in [2.24, 2.45) is 0 Å². The molecular weight excluding hydrogens is 292 g/mol. The molecule has 0 bridgehead atoms. The SMILES string of the molecule is CCC(CC)NC(=O)CNCc1ccccc1Br. The van der Waals surface area contributed by atoms with E-state index < -0.39 is 0 Å². The van der Waals surface area contributed by atoms with E-state index in [1.807, 2.05) is 24.3 Å². The van der Waals surface area contributed by atoms with Gasteiger partial charge in [-0.15, -0.1) is 0 Å². The van der Waals surface area contributed by atoms with Gasteiger partial charge >= 0.3 is 0 Å². The molecule has 0 aromatic heterocycles. The molecule has 18 heavy (non-hydrogen) atoms. The monoisotopic (exact) mass is 312 g/mol. The number of hydrogen-bond donors (Lipinski definition) is 2. The van der Waals surface area contributed by atoms with E-state index in [1.54, 1.807) is 0 Å². The fourth-order valence-corrected chi connectivity index (χ4v) is 2.15. The molecule has 0 atom stereocenters. The Balaban J connectivity index is 2.29. The number of rotatable bonds is 7. The van der Waals surface area contributed by atoms with E-state index >= 15 is 0 Å². The smallest absolute Gasteiger partial charge is 0.234 e. The maximum atomic E-state index is 11.7. The molecule has 0 aliphatic heterocycles. The average molecular weight is 313 g/mol. The molecule has 1 rings (SSSR count). The van der Waals surface area contributed by atoms with Crippen LogP contribution in [-0.2, 0) is 11.3 Å². The highest BCUT2D eigenvalue weighted by Crippen LogP contribution is 2.14. The number of carbonyl (C=O) groups excluding carboxylic acids is 1. The Hall–Kier alpha value is -0.870. The first-order valence-corrected chi connectivity index (χ1v) is 7.20. The second kappa shape index (κ2) is 8.27. The van der Waals surface area contributed by atoms with Crippen LogP contribution in [-0.4, -0.2) is 18.5 Å². The summed E-state index contributed by atoms with van der Waals surface area (Å²) in [6, 6.07) is 8.30. The fourth-order valence-electron chi connectivity index (χ4n) is 1.72. The highest BCUT2D eigenvalue weighted by Gasteiger charge is 2.07. The van der Waals surface area contributed by atoms with Crippen molar-refractivity contribution in [1.82, 2.24) is 10.6 Å². The van der Waals surface area contributed by atoms with Crippen molar-refractivity contribution in [3.05, 3.63) is 34.3 Å². The van der Waals surface area contributed by atoms with Crippen LogP contribution in [0, 0.1) is 0 Å². The van der Waals surface area contributed by atoms with Crippen molar-refractivity contribution >= 4 is 21.8 Å². The normalized spacial score (nSPS) is 10.7. The number of nitrogens with one attached hydrogen (secondary N) is 2. The van der Waals surface area contributed by atoms with Gasteiger partial charge in [-0.05, 0) is 24.5 Å². The third-order valence-electron chi connectivity index (χ3n) is 2.91. The predicted molar refractivity (Wildman–Crippen MR) is 78.4 cm³/mol. The van der Waals surface area contributed by atoms with Crippen molar-refractivity contribution in [2.75, 3.05) is 6.54 Å². The maximum Gasteiger partial charge on any atom is 0.234 e. The van der Waals surface area contributed by atoms with Crippen molar-refractivity contribution in [2.45, 2.75) is 39.3 Å². The van der Waals surface area contributed by atoms with E-state index in [2.05, 4.69) is 40.4 Å². The van der Waals surface area contributed by atoms with Gasteiger partial charge in [-0.2, -0.15) is 0 Å². The molecule has 0 saturated carbocycles. The molecule has 0 heterocycles. The number of benzene rings is 1. The lowest BCUT2D eigenvalue weighted by molar-refractivity contribution is -0.121. The Kier molecular flexibility index (Phi) is 6.98. The van der Waals surface area contributed by atoms with Crippen molar-refractivity contribution in [3.8, 4) is 0 Å². The van der Waals surface area contributed by atoms with Crippen LogP contribution in [0.25, 0.3) is 0 Å². The lowest BCUT2D eigenvalue weighted by Gasteiger charge is -2.15. The Labute approximate surface area is 117 Å². The topological polar surface area (TPSA) is 41.1 Å². The molecule has 100 valence electrons. The Morgan fingerprint density at radius 2 is 1.94 bits per heavy atom. The summed E-state index contributed by atoms with van der Waals surface area (Å²) in [4.78, 5) is 11.7. The first-order valence-electron chi connectivity index (χ1n) is 6.40. The zero-order valence-corrected chi connectivity index (χ0v) is 12.6. The van der Waals surface area contributed by atoms with Crippen molar-refractivity contribution < 1.29 is 4.79 Å². The predicted octanol–water partition coefficient (Wildman–Crippen LogP) is 2.84. The highest BCUT2D eigenvalue weighted by molar-refractivity contribution is 9.10. The highest BCUT2D eigenvalue weighted by atomic mass is 79.9. The molecule has 1 aromatic carbocycles. The minimum atomic E-state index is 0.0655. The molecule has 4 heteroatoms. The molecular formula is C14H21BrN2O. The molecule has 3 nitrogen and oxygen atoms in total. The Morgan fingerprint density at radius 3 is 2.56 bits per heavy atom. The third kappa shape index (κ3) is 5.19. The van der Waals surface area contributed by atoms with Crippen LogP contribution >= 0.6 is 15.9 Å². The number of hydrogen-bond acceptors (Lipinski definition) is 2. The van der Waals surface area contributed by atoms with Crippen LogP contribution < -0.4 is 10.6 Å². The minimum absolute atomic E-state index is 0.0655. The lowest BCUT2D eigenvalue weighted by Crippen LogP contribution is -2.39. The average Bonchev–Trinajstić information content (AvgIpc) is 2.38. The maximum absolute atomic E-state index is 11.7. The molecule has 0 radical (unpaired) electrons. The number of halogens is 1. The lowest BCUT2D eigenvalue weighted by atomic mass is 10.2. The second-order valence-electron chi connectivity index (χ2n) is 4.28. The molecule has 0 aliphatic carbocycles. The molecule has 2 N–H and O–H groups in total. The van der Waals surface area contributed by atoms with Crippen LogP contribution in [0.15, 0.2) is 28.7 Å². The van der Waals surface area contributed by atoms with E-state index in [1.165, 1.54) is 0 Å². The van der Waals surface area contributed by atoms with Crippen LogP contribution in [0.3, 0.4) is 0 Å². The van der Waals surface area contributed by atoms with Gasteiger partial charge in [-0.3, -0.25) is 4.79 Å². The zero-order chi connectivity index (χ0) is 13.4. The standard InChI is InChI=1S/C14H21BrN2O/c1-3-12(4-2)17-14(18)10-16-9-11-7-5-6-8-13(11)15/h5-8,12,16H,3-4,9-10H2,1-2H3,(H,17,18). The zero-order valence-electron chi connectivity index (χ0n) is 11.0. The van der Waals surface area contributed by atoms with Gasteiger partial charge in [0, 0.05) is 17.1 Å². The van der Waals surface area contributed by atoms with Gasteiger partial charge in [-0.1, -0.05) is 48.0 Å². The first kappa shape index (κ1) is 15.2. The minimum Gasteiger partial charge on any atom is -0.352 e.